The van der Waals surface area contributed by atoms with E-state index in [0.29, 0.717) is 16.6 Å². The van der Waals surface area contributed by atoms with Crippen LogP contribution in [-0.4, -0.2) is 42.2 Å². The standard InChI is InChI=1S/C13H15NO3S/c1-18-10-4-5-14(7-10)13(15)9-2-3-11-12(6-9)17-8-16-11/h2-3,6,10H,4-5,7-8H2,1H3/t10-/m1/s1. The number of amides is 1. The van der Waals surface area contributed by atoms with Crippen LogP contribution in [0.4, 0.5) is 0 Å². The number of fused-ring (bicyclic) bond motifs is 1. The molecule has 1 amide bonds. The van der Waals surface area contributed by atoms with Crippen LogP contribution in [0.5, 0.6) is 11.5 Å². The number of ether oxygens (including phenoxy) is 2. The largest absolute Gasteiger partial charge is 0.454 e. The summed E-state index contributed by atoms with van der Waals surface area (Å²) in [5.41, 5.74) is 0.681. The van der Waals surface area contributed by atoms with Crippen LogP contribution in [0.3, 0.4) is 0 Å². The van der Waals surface area contributed by atoms with Crippen LogP contribution in [0, 0.1) is 0 Å². The van der Waals surface area contributed by atoms with Crippen LogP contribution >= 0.6 is 11.8 Å². The third-order valence-corrected chi connectivity index (χ3v) is 4.44. The van der Waals surface area contributed by atoms with Gasteiger partial charge in [-0.25, -0.2) is 0 Å². The molecule has 1 fully saturated rings. The van der Waals surface area contributed by atoms with E-state index in [2.05, 4.69) is 6.26 Å². The first-order valence-electron chi connectivity index (χ1n) is 5.99. The van der Waals surface area contributed by atoms with Crippen molar-refractivity contribution in [2.24, 2.45) is 0 Å². The number of hydrogen-bond donors (Lipinski definition) is 0. The molecule has 0 unspecified atom stereocenters. The van der Waals surface area contributed by atoms with Crippen LogP contribution in [0.1, 0.15) is 16.8 Å². The highest BCUT2D eigenvalue weighted by atomic mass is 32.2. The molecule has 5 heteroatoms. The van der Waals surface area contributed by atoms with Gasteiger partial charge in [0.05, 0.1) is 0 Å². The molecule has 3 rings (SSSR count). The zero-order valence-electron chi connectivity index (χ0n) is 10.2. The van der Waals surface area contributed by atoms with Crippen molar-refractivity contribution in [1.82, 2.24) is 4.90 Å². The molecule has 1 aromatic rings. The van der Waals surface area contributed by atoms with Gasteiger partial charge in [0, 0.05) is 23.9 Å². The highest BCUT2D eigenvalue weighted by molar-refractivity contribution is 7.99. The van der Waals surface area contributed by atoms with Gasteiger partial charge in [-0.2, -0.15) is 11.8 Å². The number of carbonyl (C=O) groups is 1. The smallest absolute Gasteiger partial charge is 0.254 e. The Morgan fingerprint density at radius 2 is 2.22 bits per heavy atom. The third-order valence-electron chi connectivity index (χ3n) is 3.39. The number of nitrogens with zero attached hydrogens (tertiary/aromatic N) is 1. The molecule has 1 aromatic carbocycles. The normalized spacial score (nSPS) is 21.4. The minimum Gasteiger partial charge on any atom is -0.454 e. The summed E-state index contributed by atoms with van der Waals surface area (Å²) in [5.74, 6) is 1.47. The number of thioether (sulfide) groups is 1. The minimum atomic E-state index is 0.0878. The molecule has 4 nitrogen and oxygen atoms in total. The number of carbonyl (C=O) groups excluding carboxylic acids is 1. The fourth-order valence-electron chi connectivity index (χ4n) is 2.32. The zero-order chi connectivity index (χ0) is 12.5. The van der Waals surface area contributed by atoms with Crippen LogP contribution in [-0.2, 0) is 0 Å². The van der Waals surface area contributed by atoms with Gasteiger partial charge in [0.25, 0.3) is 5.91 Å². The van der Waals surface area contributed by atoms with Crippen molar-refractivity contribution in [1.29, 1.82) is 0 Å². The molecule has 2 aliphatic heterocycles. The Labute approximate surface area is 110 Å². The number of rotatable bonds is 2. The second-order valence-electron chi connectivity index (χ2n) is 4.47. The van der Waals surface area contributed by atoms with Gasteiger partial charge >= 0.3 is 0 Å². The highest BCUT2D eigenvalue weighted by Gasteiger charge is 2.27. The lowest BCUT2D eigenvalue weighted by atomic mass is 10.2. The van der Waals surface area contributed by atoms with Crippen LogP contribution in [0.25, 0.3) is 0 Å². The van der Waals surface area contributed by atoms with Crippen LogP contribution in [0.15, 0.2) is 18.2 Å². The van der Waals surface area contributed by atoms with E-state index in [9.17, 15) is 4.79 Å². The van der Waals surface area contributed by atoms with Crippen molar-refractivity contribution >= 4 is 17.7 Å². The molecular formula is C13H15NO3S. The molecule has 0 bridgehead atoms. The van der Waals surface area contributed by atoms with E-state index in [1.54, 1.807) is 12.1 Å². The third kappa shape index (κ3) is 2.03. The first-order valence-corrected chi connectivity index (χ1v) is 7.28. The van der Waals surface area contributed by atoms with Gasteiger partial charge < -0.3 is 14.4 Å². The summed E-state index contributed by atoms with van der Waals surface area (Å²) in [7, 11) is 0. The van der Waals surface area contributed by atoms with Gasteiger partial charge in [-0.3, -0.25) is 4.79 Å². The molecule has 0 N–H and O–H groups in total. The Kier molecular flexibility index (Phi) is 3.07. The summed E-state index contributed by atoms with van der Waals surface area (Å²) in [6.45, 7) is 1.93. The molecule has 1 atom stereocenters. The maximum absolute atomic E-state index is 12.3. The highest BCUT2D eigenvalue weighted by Crippen LogP contribution is 2.33. The van der Waals surface area contributed by atoms with Crippen molar-refractivity contribution in [3.8, 4) is 11.5 Å². The van der Waals surface area contributed by atoms with E-state index in [0.717, 1.165) is 25.3 Å². The van der Waals surface area contributed by atoms with Gasteiger partial charge in [0.15, 0.2) is 11.5 Å². The van der Waals surface area contributed by atoms with Crippen molar-refractivity contribution in [2.75, 3.05) is 26.1 Å². The summed E-state index contributed by atoms with van der Waals surface area (Å²) < 4.78 is 10.5. The van der Waals surface area contributed by atoms with Crippen molar-refractivity contribution in [2.45, 2.75) is 11.7 Å². The Morgan fingerprint density at radius 1 is 1.39 bits per heavy atom. The summed E-state index contributed by atoms with van der Waals surface area (Å²) >= 11 is 1.83. The van der Waals surface area contributed by atoms with Crippen molar-refractivity contribution in [3.63, 3.8) is 0 Å². The SMILES string of the molecule is CS[C@@H]1CCN(C(=O)c2ccc3c(c2)OCO3)C1. The molecule has 0 radical (unpaired) electrons. The van der Waals surface area contributed by atoms with Gasteiger partial charge in [0.2, 0.25) is 6.79 Å². The van der Waals surface area contributed by atoms with Crippen molar-refractivity contribution in [3.05, 3.63) is 23.8 Å². The van der Waals surface area contributed by atoms with E-state index in [-0.39, 0.29) is 12.7 Å². The molecule has 0 spiro atoms. The molecule has 18 heavy (non-hydrogen) atoms. The lowest BCUT2D eigenvalue weighted by molar-refractivity contribution is 0.0793. The Hall–Kier alpha value is -1.36. The number of likely N-dealkylation sites (tertiary alicyclic amines) is 1. The lowest BCUT2D eigenvalue weighted by Gasteiger charge is -2.16. The summed E-state index contributed by atoms with van der Waals surface area (Å²) in [5, 5.41) is 0.572. The zero-order valence-corrected chi connectivity index (χ0v) is 11.0. The average Bonchev–Trinajstić information content (AvgIpc) is 3.05. The molecule has 96 valence electrons. The quantitative estimate of drug-likeness (QED) is 0.820. The van der Waals surface area contributed by atoms with E-state index < -0.39 is 0 Å². The fourth-order valence-corrected chi connectivity index (χ4v) is 2.99. The monoisotopic (exact) mass is 265 g/mol. The Bertz CT molecular complexity index is 477. The van der Waals surface area contributed by atoms with Gasteiger partial charge in [-0.1, -0.05) is 0 Å². The van der Waals surface area contributed by atoms with E-state index in [1.165, 1.54) is 0 Å². The molecule has 0 aromatic heterocycles. The molecule has 2 heterocycles. The van der Waals surface area contributed by atoms with Crippen LogP contribution in [0.2, 0.25) is 0 Å². The van der Waals surface area contributed by atoms with Crippen LogP contribution < -0.4 is 9.47 Å². The topological polar surface area (TPSA) is 38.8 Å². The Morgan fingerprint density at radius 3 is 3.00 bits per heavy atom. The maximum atomic E-state index is 12.3. The van der Waals surface area contributed by atoms with Gasteiger partial charge in [0.1, 0.15) is 0 Å². The van der Waals surface area contributed by atoms with Gasteiger partial charge in [-0.15, -0.1) is 0 Å². The van der Waals surface area contributed by atoms with E-state index in [1.807, 2.05) is 22.7 Å². The average molecular weight is 265 g/mol. The number of benzene rings is 1. The van der Waals surface area contributed by atoms with Gasteiger partial charge in [-0.05, 0) is 30.9 Å². The summed E-state index contributed by atoms with van der Waals surface area (Å²) in [4.78, 5) is 14.2. The minimum absolute atomic E-state index is 0.0878. The maximum Gasteiger partial charge on any atom is 0.254 e. The van der Waals surface area contributed by atoms with E-state index in [4.69, 9.17) is 9.47 Å². The molecule has 1 saturated heterocycles. The summed E-state index contributed by atoms with van der Waals surface area (Å²) in [6.07, 6.45) is 3.18. The fraction of sp³-hybridized carbons (Fsp3) is 0.462. The van der Waals surface area contributed by atoms with Crippen molar-refractivity contribution < 1.29 is 14.3 Å². The first kappa shape index (κ1) is 11.7. The second kappa shape index (κ2) is 4.72. The predicted molar refractivity (Wildman–Crippen MR) is 70.4 cm³/mol. The molecule has 0 aliphatic carbocycles. The second-order valence-corrected chi connectivity index (χ2v) is 5.60. The predicted octanol–water partition coefficient (Wildman–Crippen LogP) is 1.99. The first-order chi connectivity index (χ1) is 8.78. The molecule has 2 aliphatic rings. The number of hydrogen-bond acceptors (Lipinski definition) is 4. The molecule has 0 saturated carbocycles. The Balaban J connectivity index is 1.77. The lowest BCUT2D eigenvalue weighted by Crippen LogP contribution is -2.29. The van der Waals surface area contributed by atoms with E-state index >= 15 is 0 Å². The molecular weight excluding hydrogens is 250 g/mol. The summed E-state index contributed by atoms with van der Waals surface area (Å²) in [6, 6.07) is 5.39.